The number of alkyl halides is 1. The number of ether oxygens (including phenoxy) is 1. The van der Waals surface area contributed by atoms with Gasteiger partial charge in [-0.15, -0.1) is 0 Å². The zero-order valence-corrected chi connectivity index (χ0v) is 8.66. The van der Waals surface area contributed by atoms with Crippen molar-refractivity contribution in [2.24, 2.45) is 0 Å². The minimum atomic E-state index is -0.757. The summed E-state index contributed by atoms with van der Waals surface area (Å²) >= 11 is 0. The van der Waals surface area contributed by atoms with Crippen molar-refractivity contribution in [1.82, 2.24) is 4.90 Å². The van der Waals surface area contributed by atoms with Gasteiger partial charge in [0, 0.05) is 0 Å². The number of halogens is 1. The van der Waals surface area contributed by atoms with Gasteiger partial charge in [0.15, 0.2) is 0 Å². The van der Waals surface area contributed by atoms with E-state index in [0.29, 0.717) is 0 Å². The minimum absolute atomic E-state index is 0.156. The highest BCUT2D eigenvalue weighted by Gasteiger charge is 2.42. The van der Waals surface area contributed by atoms with Crippen molar-refractivity contribution in [3.63, 3.8) is 0 Å². The van der Waals surface area contributed by atoms with E-state index in [2.05, 4.69) is 0 Å². The van der Waals surface area contributed by atoms with Crippen LogP contribution < -0.4 is 0 Å². The maximum absolute atomic E-state index is 12.3. The SMILES string of the molecule is CC(C)(C)OC(=O)N1C[C@@H](O)[C@@H]1CF. The van der Waals surface area contributed by atoms with E-state index in [1.807, 2.05) is 0 Å². The second-order valence-electron chi connectivity index (χ2n) is 4.42. The van der Waals surface area contributed by atoms with Gasteiger partial charge in [-0.05, 0) is 20.8 Å². The summed E-state index contributed by atoms with van der Waals surface area (Å²) in [4.78, 5) is 12.6. The fraction of sp³-hybridized carbons (Fsp3) is 0.889. The minimum Gasteiger partial charge on any atom is -0.444 e. The van der Waals surface area contributed by atoms with Crippen LogP contribution in [0.1, 0.15) is 20.8 Å². The van der Waals surface area contributed by atoms with Crippen molar-refractivity contribution in [1.29, 1.82) is 0 Å². The Labute approximate surface area is 82.6 Å². The number of carbonyl (C=O) groups excluding carboxylic acids is 1. The number of hydrogen-bond donors (Lipinski definition) is 1. The second kappa shape index (κ2) is 3.73. The zero-order valence-electron chi connectivity index (χ0n) is 8.66. The first kappa shape index (κ1) is 11.2. The largest absolute Gasteiger partial charge is 0.444 e. The van der Waals surface area contributed by atoms with Crippen LogP contribution in [0.25, 0.3) is 0 Å². The molecule has 1 aliphatic heterocycles. The van der Waals surface area contributed by atoms with Crippen molar-refractivity contribution in [2.45, 2.75) is 38.5 Å². The molecule has 82 valence electrons. The average molecular weight is 205 g/mol. The van der Waals surface area contributed by atoms with Crippen molar-refractivity contribution < 1.29 is 19.0 Å². The molecule has 1 amide bonds. The molecular weight excluding hydrogens is 189 g/mol. The first-order valence-electron chi connectivity index (χ1n) is 4.59. The van der Waals surface area contributed by atoms with Crippen molar-refractivity contribution in [3.05, 3.63) is 0 Å². The number of aliphatic hydroxyl groups is 1. The standard InChI is InChI=1S/C9H16FNO3/c1-9(2,3)14-8(13)11-5-7(12)6(11)4-10/h6-7,12H,4-5H2,1-3H3/t6-,7+/m0/s1. The summed E-state index contributed by atoms with van der Waals surface area (Å²) in [6.07, 6.45) is -1.32. The van der Waals surface area contributed by atoms with E-state index < -0.39 is 30.5 Å². The predicted octanol–water partition coefficient (Wildman–Crippen LogP) is 0.936. The van der Waals surface area contributed by atoms with Crippen LogP contribution in [-0.2, 0) is 4.74 Å². The van der Waals surface area contributed by atoms with Gasteiger partial charge in [-0.3, -0.25) is 4.90 Å². The summed E-state index contributed by atoms with van der Waals surface area (Å²) in [7, 11) is 0. The summed E-state index contributed by atoms with van der Waals surface area (Å²) < 4.78 is 17.4. The fourth-order valence-corrected chi connectivity index (χ4v) is 1.24. The van der Waals surface area contributed by atoms with Crippen molar-refractivity contribution in [3.8, 4) is 0 Å². The number of aliphatic hydroxyl groups excluding tert-OH is 1. The van der Waals surface area contributed by atoms with E-state index in [4.69, 9.17) is 9.84 Å². The highest BCUT2D eigenvalue weighted by molar-refractivity contribution is 5.70. The molecule has 4 nitrogen and oxygen atoms in total. The molecule has 0 aromatic heterocycles. The van der Waals surface area contributed by atoms with Gasteiger partial charge in [0.2, 0.25) is 0 Å². The Bertz CT molecular complexity index is 227. The third-order valence-corrected chi connectivity index (χ3v) is 2.01. The van der Waals surface area contributed by atoms with Gasteiger partial charge in [0.25, 0.3) is 0 Å². The Balaban J connectivity index is 2.47. The topological polar surface area (TPSA) is 49.8 Å². The molecule has 1 fully saturated rings. The van der Waals surface area contributed by atoms with Gasteiger partial charge in [-0.1, -0.05) is 0 Å². The molecule has 0 bridgehead atoms. The first-order valence-corrected chi connectivity index (χ1v) is 4.59. The molecule has 14 heavy (non-hydrogen) atoms. The van der Waals surface area contributed by atoms with Gasteiger partial charge < -0.3 is 9.84 Å². The lowest BCUT2D eigenvalue weighted by Gasteiger charge is -2.43. The summed E-state index contributed by atoms with van der Waals surface area (Å²) in [6, 6.07) is -0.732. The number of rotatable bonds is 1. The van der Waals surface area contributed by atoms with Crippen molar-refractivity contribution in [2.75, 3.05) is 13.2 Å². The van der Waals surface area contributed by atoms with E-state index in [1.165, 1.54) is 4.90 Å². The Morgan fingerprint density at radius 3 is 2.57 bits per heavy atom. The summed E-state index contributed by atoms with van der Waals surface area (Å²) in [6.45, 7) is 4.65. The number of likely N-dealkylation sites (tertiary alicyclic amines) is 1. The number of amides is 1. The Kier molecular flexibility index (Phi) is 2.99. The van der Waals surface area contributed by atoms with Gasteiger partial charge in [-0.25, -0.2) is 9.18 Å². The summed E-state index contributed by atoms with van der Waals surface area (Å²) in [5.41, 5.74) is -0.585. The lowest BCUT2D eigenvalue weighted by atomic mass is 10.0. The van der Waals surface area contributed by atoms with Crippen LogP contribution in [-0.4, -0.2) is 47.1 Å². The third-order valence-electron chi connectivity index (χ3n) is 2.01. The predicted molar refractivity (Wildman–Crippen MR) is 48.7 cm³/mol. The molecule has 0 radical (unpaired) electrons. The molecule has 2 atom stereocenters. The van der Waals surface area contributed by atoms with E-state index in [0.717, 1.165) is 0 Å². The molecule has 1 rings (SSSR count). The van der Waals surface area contributed by atoms with Crippen LogP contribution in [0.3, 0.4) is 0 Å². The smallest absolute Gasteiger partial charge is 0.410 e. The van der Waals surface area contributed by atoms with Gasteiger partial charge in [0.1, 0.15) is 12.3 Å². The molecule has 1 aliphatic rings. The highest BCUT2D eigenvalue weighted by Crippen LogP contribution is 2.21. The maximum atomic E-state index is 12.3. The van der Waals surface area contributed by atoms with Crippen LogP contribution in [0.15, 0.2) is 0 Å². The molecule has 0 aromatic carbocycles. The number of hydrogen-bond acceptors (Lipinski definition) is 3. The van der Waals surface area contributed by atoms with Crippen LogP contribution in [0.4, 0.5) is 9.18 Å². The molecule has 1 heterocycles. The number of nitrogens with zero attached hydrogens (tertiary/aromatic N) is 1. The number of carbonyl (C=O) groups is 1. The zero-order chi connectivity index (χ0) is 10.9. The van der Waals surface area contributed by atoms with E-state index in [-0.39, 0.29) is 6.54 Å². The third kappa shape index (κ3) is 2.35. The Hall–Kier alpha value is -0.840. The van der Waals surface area contributed by atoms with Crippen LogP contribution in [0.5, 0.6) is 0 Å². The molecule has 0 unspecified atom stereocenters. The Morgan fingerprint density at radius 2 is 2.21 bits per heavy atom. The quantitative estimate of drug-likeness (QED) is 0.693. The maximum Gasteiger partial charge on any atom is 0.410 e. The van der Waals surface area contributed by atoms with Crippen LogP contribution in [0, 0.1) is 0 Å². The molecule has 0 aromatic rings. The molecular formula is C9H16FNO3. The molecule has 0 spiro atoms. The molecule has 0 saturated carbocycles. The molecule has 0 aliphatic carbocycles. The average Bonchev–Trinajstić information content (AvgIpc) is 1.97. The Morgan fingerprint density at radius 1 is 1.64 bits per heavy atom. The number of β-amino-alcohol motifs (C(OH)–C–C–N with tert-alkyl or cyclic N) is 1. The van der Waals surface area contributed by atoms with Crippen molar-refractivity contribution >= 4 is 6.09 Å². The lowest BCUT2D eigenvalue weighted by Crippen LogP contribution is -2.63. The van der Waals surface area contributed by atoms with Gasteiger partial charge in [0.05, 0.1) is 18.7 Å². The van der Waals surface area contributed by atoms with Crippen LogP contribution >= 0.6 is 0 Å². The molecule has 1 N–H and O–H groups in total. The normalized spacial score (nSPS) is 27.1. The van der Waals surface area contributed by atoms with E-state index >= 15 is 0 Å². The van der Waals surface area contributed by atoms with E-state index in [9.17, 15) is 9.18 Å². The molecule has 5 heteroatoms. The molecule has 1 saturated heterocycles. The first-order chi connectivity index (χ1) is 6.35. The summed E-state index contributed by atoms with van der Waals surface area (Å²) in [5.74, 6) is 0. The lowest BCUT2D eigenvalue weighted by molar-refractivity contribution is -0.0768. The summed E-state index contributed by atoms with van der Waals surface area (Å²) in [5, 5.41) is 9.14. The van der Waals surface area contributed by atoms with Gasteiger partial charge >= 0.3 is 6.09 Å². The fourth-order valence-electron chi connectivity index (χ4n) is 1.24. The van der Waals surface area contributed by atoms with Crippen LogP contribution in [0.2, 0.25) is 0 Å². The second-order valence-corrected chi connectivity index (χ2v) is 4.42. The highest BCUT2D eigenvalue weighted by atomic mass is 19.1. The van der Waals surface area contributed by atoms with E-state index in [1.54, 1.807) is 20.8 Å². The monoisotopic (exact) mass is 205 g/mol. The van der Waals surface area contributed by atoms with Gasteiger partial charge in [-0.2, -0.15) is 0 Å².